The Labute approximate surface area is 70.1 Å². The summed E-state index contributed by atoms with van der Waals surface area (Å²) in [6, 6.07) is 1.62. The van der Waals surface area contributed by atoms with Crippen molar-refractivity contribution in [2.24, 2.45) is 5.73 Å². The number of hydrogen-bond donors (Lipinski definition) is 2. The van der Waals surface area contributed by atoms with E-state index in [0.717, 1.165) is 0 Å². The molecule has 5 heteroatoms. The van der Waals surface area contributed by atoms with Gasteiger partial charge in [-0.1, -0.05) is 0 Å². The summed E-state index contributed by atoms with van der Waals surface area (Å²) in [5, 5.41) is 12.4. The quantitative estimate of drug-likeness (QED) is 0.652. The van der Waals surface area contributed by atoms with Crippen LogP contribution in [0.5, 0.6) is 5.88 Å². The number of aliphatic hydroxyl groups excluding tert-OH is 1. The lowest BCUT2D eigenvalue weighted by Gasteiger charge is -2.04. The van der Waals surface area contributed by atoms with E-state index >= 15 is 0 Å². The van der Waals surface area contributed by atoms with E-state index in [0.29, 0.717) is 18.2 Å². The predicted octanol–water partition coefficient (Wildman–Crippen LogP) is -0.282. The first-order valence-corrected chi connectivity index (χ1v) is 3.63. The Bertz CT molecular complexity index is 232. The summed E-state index contributed by atoms with van der Waals surface area (Å²) in [7, 11) is 1.50. The van der Waals surface area contributed by atoms with Gasteiger partial charge in [0.1, 0.15) is 5.76 Å². The molecular weight excluding hydrogens is 160 g/mol. The van der Waals surface area contributed by atoms with E-state index < -0.39 is 0 Å². The van der Waals surface area contributed by atoms with Gasteiger partial charge < -0.3 is 20.1 Å². The van der Waals surface area contributed by atoms with E-state index in [1.807, 2.05) is 0 Å². The van der Waals surface area contributed by atoms with Crippen molar-refractivity contribution in [3.05, 3.63) is 11.8 Å². The van der Waals surface area contributed by atoms with E-state index in [1.54, 1.807) is 6.07 Å². The standard InChI is InChI=1S/C7H12N2O3/c1-11-7-2-6(12-9-7)5(3-8)4-10/h2,5,10H,3-4,8H2,1H3. The lowest BCUT2D eigenvalue weighted by molar-refractivity contribution is 0.238. The molecule has 0 spiro atoms. The van der Waals surface area contributed by atoms with Gasteiger partial charge in [0.15, 0.2) is 0 Å². The summed E-state index contributed by atoms with van der Waals surface area (Å²) in [5.41, 5.74) is 5.38. The molecule has 0 aromatic carbocycles. The van der Waals surface area contributed by atoms with Crippen LogP contribution in [0.2, 0.25) is 0 Å². The number of aliphatic hydroxyl groups is 1. The van der Waals surface area contributed by atoms with Crippen LogP contribution in [0.4, 0.5) is 0 Å². The number of nitrogens with zero attached hydrogens (tertiary/aromatic N) is 1. The summed E-state index contributed by atoms with van der Waals surface area (Å²) in [6.07, 6.45) is 0. The molecule has 1 aromatic heterocycles. The fraction of sp³-hybridized carbons (Fsp3) is 0.571. The number of aromatic nitrogens is 1. The van der Waals surface area contributed by atoms with Gasteiger partial charge in [0.05, 0.1) is 19.6 Å². The predicted molar refractivity (Wildman–Crippen MR) is 41.9 cm³/mol. The van der Waals surface area contributed by atoms with Crippen molar-refractivity contribution in [3.63, 3.8) is 0 Å². The molecule has 0 saturated carbocycles. The molecule has 68 valence electrons. The zero-order valence-corrected chi connectivity index (χ0v) is 6.86. The highest BCUT2D eigenvalue weighted by molar-refractivity contribution is 5.14. The van der Waals surface area contributed by atoms with Gasteiger partial charge in [-0.25, -0.2) is 0 Å². The number of nitrogens with two attached hydrogens (primary N) is 1. The van der Waals surface area contributed by atoms with Gasteiger partial charge in [-0.2, -0.15) is 0 Å². The van der Waals surface area contributed by atoms with E-state index in [4.69, 9.17) is 20.1 Å². The molecule has 0 amide bonds. The SMILES string of the molecule is COc1cc(C(CN)CO)on1. The highest BCUT2D eigenvalue weighted by Gasteiger charge is 2.14. The molecule has 1 unspecified atom stereocenters. The number of rotatable bonds is 4. The van der Waals surface area contributed by atoms with Gasteiger partial charge in [-0.15, -0.1) is 0 Å². The third kappa shape index (κ3) is 1.75. The van der Waals surface area contributed by atoms with Crippen LogP contribution in [-0.2, 0) is 0 Å². The minimum atomic E-state index is -0.193. The summed E-state index contributed by atoms with van der Waals surface area (Å²) < 4.78 is 9.69. The average molecular weight is 172 g/mol. The summed E-state index contributed by atoms with van der Waals surface area (Å²) in [6.45, 7) is 0.281. The molecule has 0 radical (unpaired) electrons. The zero-order chi connectivity index (χ0) is 8.97. The molecule has 1 rings (SSSR count). The highest BCUT2D eigenvalue weighted by atomic mass is 16.5. The second kappa shape index (κ2) is 4.08. The van der Waals surface area contributed by atoms with Crippen LogP contribution in [0.3, 0.4) is 0 Å². The highest BCUT2D eigenvalue weighted by Crippen LogP contribution is 2.18. The third-order valence-electron chi connectivity index (χ3n) is 1.62. The first-order valence-electron chi connectivity index (χ1n) is 3.63. The van der Waals surface area contributed by atoms with Gasteiger partial charge in [-0.05, 0) is 5.16 Å². The lowest BCUT2D eigenvalue weighted by atomic mass is 10.1. The van der Waals surface area contributed by atoms with Crippen molar-refractivity contribution in [2.75, 3.05) is 20.3 Å². The Morgan fingerprint density at radius 2 is 2.58 bits per heavy atom. The summed E-state index contributed by atoms with van der Waals surface area (Å²) >= 11 is 0. The van der Waals surface area contributed by atoms with Crippen molar-refractivity contribution in [2.45, 2.75) is 5.92 Å². The average Bonchev–Trinajstić information content (AvgIpc) is 2.55. The maximum absolute atomic E-state index is 8.85. The minimum absolute atomic E-state index is 0.0468. The van der Waals surface area contributed by atoms with Gasteiger partial charge >= 0.3 is 0 Å². The Morgan fingerprint density at radius 1 is 1.83 bits per heavy atom. The van der Waals surface area contributed by atoms with Crippen LogP contribution >= 0.6 is 0 Å². The zero-order valence-electron chi connectivity index (χ0n) is 6.86. The third-order valence-corrected chi connectivity index (χ3v) is 1.62. The van der Waals surface area contributed by atoms with E-state index in [2.05, 4.69) is 5.16 Å². The van der Waals surface area contributed by atoms with Gasteiger partial charge in [-0.3, -0.25) is 0 Å². The topological polar surface area (TPSA) is 81.5 Å². The number of methoxy groups -OCH3 is 1. The van der Waals surface area contributed by atoms with Crippen LogP contribution in [0.1, 0.15) is 11.7 Å². The molecule has 3 N–H and O–H groups in total. The molecule has 0 fully saturated rings. The molecule has 0 aliphatic rings. The second-order valence-corrected chi connectivity index (χ2v) is 2.39. The van der Waals surface area contributed by atoms with E-state index in [9.17, 15) is 0 Å². The fourth-order valence-electron chi connectivity index (χ4n) is 0.841. The normalized spacial score (nSPS) is 12.9. The number of hydrogen-bond acceptors (Lipinski definition) is 5. The molecule has 1 heterocycles. The summed E-state index contributed by atoms with van der Waals surface area (Å²) in [4.78, 5) is 0. The molecule has 1 atom stereocenters. The van der Waals surface area contributed by atoms with Crippen molar-refractivity contribution < 1.29 is 14.4 Å². The van der Waals surface area contributed by atoms with Crippen molar-refractivity contribution in [1.29, 1.82) is 0 Å². The summed E-state index contributed by atoms with van der Waals surface area (Å²) in [5.74, 6) is 0.759. The molecule has 0 bridgehead atoms. The maximum atomic E-state index is 8.85. The molecule has 0 aliphatic carbocycles. The molecular formula is C7H12N2O3. The van der Waals surface area contributed by atoms with Gasteiger partial charge in [0.25, 0.3) is 5.88 Å². The monoisotopic (exact) mass is 172 g/mol. The van der Waals surface area contributed by atoms with Crippen LogP contribution < -0.4 is 10.5 Å². The Hall–Kier alpha value is -1.07. The Morgan fingerprint density at radius 3 is 3.00 bits per heavy atom. The molecule has 5 nitrogen and oxygen atoms in total. The van der Waals surface area contributed by atoms with Gasteiger partial charge in [0.2, 0.25) is 0 Å². The lowest BCUT2D eigenvalue weighted by Crippen LogP contribution is -2.15. The Balaban J connectivity index is 2.72. The molecule has 0 saturated heterocycles. The van der Waals surface area contributed by atoms with Crippen LogP contribution in [-0.4, -0.2) is 30.5 Å². The molecule has 0 aliphatic heterocycles. The van der Waals surface area contributed by atoms with Crippen molar-refractivity contribution >= 4 is 0 Å². The first kappa shape index (κ1) is 9.02. The first-order chi connectivity index (χ1) is 5.81. The Kier molecular flexibility index (Phi) is 3.07. The second-order valence-electron chi connectivity index (χ2n) is 2.39. The van der Waals surface area contributed by atoms with Crippen LogP contribution in [0, 0.1) is 0 Å². The van der Waals surface area contributed by atoms with Crippen LogP contribution in [0.15, 0.2) is 10.6 Å². The van der Waals surface area contributed by atoms with E-state index in [-0.39, 0.29) is 12.5 Å². The van der Waals surface area contributed by atoms with Gasteiger partial charge in [0, 0.05) is 12.6 Å². The minimum Gasteiger partial charge on any atom is -0.479 e. The van der Waals surface area contributed by atoms with Crippen molar-refractivity contribution in [1.82, 2.24) is 5.16 Å². The maximum Gasteiger partial charge on any atom is 0.254 e. The van der Waals surface area contributed by atoms with Crippen molar-refractivity contribution in [3.8, 4) is 5.88 Å². The molecule has 1 aromatic rings. The van der Waals surface area contributed by atoms with E-state index in [1.165, 1.54) is 7.11 Å². The fourth-order valence-corrected chi connectivity index (χ4v) is 0.841. The smallest absolute Gasteiger partial charge is 0.254 e. The molecule has 12 heavy (non-hydrogen) atoms. The number of ether oxygens (including phenoxy) is 1. The largest absolute Gasteiger partial charge is 0.479 e. The van der Waals surface area contributed by atoms with Crippen LogP contribution in [0.25, 0.3) is 0 Å².